The number of benzene rings is 1. The van der Waals surface area contributed by atoms with Gasteiger partial charge in [-0.05, 0) is 69.3 Å². The summed E-state index contributed by atoms with van der Waals surface area (Å²) in [6.45, 7) is 2.42. The first-order valence-electron chi connectivity index (χ1n) is 8.72. The third-order valence-corrected chi connectivity index (χ3v) is 6.25. The molecule has 0 atom stereocenters. The molecule has 4 bridgehead atoms. The van der Waals surface area contributed by atoms with Crippen LogP contribution in [0.3, 0.4) is 0 Å². The predicted molar refractivity (Wildman–Crippen MR) is 88.5 cm³/mol. The number of rotatable bonds is 4. The molecule has 4 fully saturated rings. The highest BCUT2D eigenvalue weighted by Crippen LogP contribution is 2.63. The molecule has 5 heteroatoms. The van der Waals surface area contributed by atoms with E-state index in [1.54, 1.807) is 12.1 Å². The van der Waals surface area contributed by atoms with Crippen LogP contribution in [0.1, 0.15) is 51.0 Å². The third-order valence-electron chi connectivity index (χ3n) is 6.25. The highest BCUT2D eigenvalue weighted by molar-refractivity contribution is 5.69. The Morgan fingerprint density at radius 1 is 1.22 bits per heavy atom. The van der Waals surface area contributed by atoms with Crippen LogP contribution < -0.4 is 10.5 Å². The van der Waals surface area contributed by atoms with Gasteiger partial charge in [0.05, 0.1) is 22.8 Å². The van der Waals surface area contributed by atoms with Crippen LogP contribution in [0.5, 0.6) is 5.75 Å². The van der Waals surface area contributed by atoms with Gasteiger partial charge >= 0.3 is 0 Å². The van der Waals surface area contributed by atoms with E-state index in [2.05, 4.69) is 0 Å². The molecule has 4 aliphatic carbocycles. The molecule has 0 unspecified atom stereocenters. The average molecular weight is 316 g/mol. The standard InChI is InChI=1S/C18H24N2O3/c1-2-23-15-4-3-14(20(21)22)16(17(15)19)18-8-11-5-12(9-18)7-13(6-11)10-18/h3-4,11-13H,2,5-10,19H2,1H3. The second kappa shape index (κ2) is 5.11. The van der Waals surface area contributed by atoms with Crippen molar-refractivity contribution in [2.24, 2.45) is 17.8 Å². The summed E-state index contributed by atoms with van der Waals surface area (Å²) in [5, 5.41) is 11.6. The number of nitro benzene ring substituents is 1. The molecular formula is C18H24N2O3. The van der Waals surface area contributed by atoms with Gasteiger partial charge in [0, 0.05) is 11.5 Å². The number of nitrogens with zero attached hydrogens (tertiary/aromatic N) is 1. The van der Waals surface area contributed by atoms with Crippen LogP contribution >= 0.6 is 0 Å². The van der Waals surface area contributed by atoms with Crippen LogP contribution in [0, 0.1) is 27.9 Å². The van der Waals surface area contributed by atoms with Gasteiger partial charge in [0.1, 0.15) is 5.75 Å². The first-order valence-corrected chi connectivity index (χ1v) is 8.72. The maximum absolute atomic E-state index is 11.6. The summed E-state index contributed by atoms with van der Waals surface area (Å²) >= 11 is 0. The molecule has 0 radical (unpaired) electrons. The first kappa shape index (κ1) is 14.8. The summed E-state index contributed by atoms with van der Waals surface area (Å²) in [6, 6.07) is 3.25. The lowest BCUT2D eigenvalue weighted by molar-refractivity contribution is -0.386. The minimum atomic E-state index is -0.264. The van der Waals surface area contributed by atoms with Gasteiger partial charge in [0.25, 0.3) is 5.69 Å². The minimum Gasteiger partial charge on any atom is -0.492 e. The summed E-state index contributed by atoms with van der Waals surface area (Å²) in [5.74, 6) is 2.76. The van der Waals surface area contributed by atoms with Crippen LogP contribution in [-0.4, -0.2) is 11.5 Å². The van der Waals surface area contributed by atoms with Crippen molar-refractivity contribution in [3.8, 4) is 5.75 Å². The molecule has 23 heavy (non-hydrogen) atoms. The van der Waals surface area contributed by atoms with Crippen molar-refractivity contribution < 1.29 is 9.66 Å². The van der Waals surface area contributed by atoms with Gasteiger partial charge in [-0.25, -0.2) is 0 Å². The SMILES string of the molecule is CCOc1ccc([N+](=O)[O-])c(C23CC4CC(CC(C4)C2)C3)c1N. The molecule has 1 aromatic carbocycles. The number of nitro groups is 1. The van der Waals surface area contributed by atoms with Crippen molar-refractivity contribution in [2.45, 2.75) is 50.9 Å². The van der Waals surface area contributed by atoms with Crippen molar-refractivity contribution in [1.82, 2.24) is 0 Å². The Labute approximate surface area is 136 Å². The fraction of sp³-hybridized carbons (Fsp3) is 0.667. The van der Waals surface area contributed by atoms with Crippen LogP contribution in [0.4, 0.5) is 11.4 Å². The zero-order valence-corrected chi connectivity index (χ0v) is 13.6. The topological polar surface area (TPSA) is 78.4 Å². The van der Waals surface area contributed by atoms with E-state index in [1.165, 1.54) is 19.3 Å². The molecule has 124 valence electrons. The normalized spacial score (nSPS) is 34.6. The van der Waals surface area contributed by atoms with E-state index in [-0.39, 0.29) is 16.0 Å². The van der Waals surface area contributed by atoms with Gasteiger partial charge in [-0.3, -0.25) is 10.1 Å². The van der Waals surface area contributed by atoms with Gasteiger partial charge in [0.2, 0.25) is 0 Å². The molecule has 4 saturated carbocycles. The van der Waals surface area contributed by atoms with E-state index in [1.807, 2.05) is 6.92 Å². The molecule has 5 nitrogen and oxygen atoms in total. The van der Waals surface area contributed by atoms with Crippen LogP contribution in [0.25, 0.3) is 0 Å². The number of hydrogen-bond donors (Lipinski definition) is 1. The number of anilines is 1. The lowest BCUT2D eigenvalue weighted by atomic mass is 9.47. The quantitative estimate of drug-likeness (QED) is 0.516. The number of hydrogen-bond acceptors (Lipinski definition) is 4. The molecular weight excluding hydrogens is 292 g/mol. The summed E-state index contributed by atoms with van der Waals surface area (Å²) in [6.07, 6.45) is 7.08. The predicted octanol–water partition coefficient (Wildman–Crippen LogP) is 4.04. The molecule has 5 rings (SSSR count). The van der Waals surface area contributed by atoms with E-state index in [0.717, 1.165) is 42.6 Å². The molecule has 4 aliphatic rings. The van der Waals surface area contributed by atoms with Gasteiger partial charge < -0.3 is 10.5 Å². The van der Waals surface area contributed by atoms with E-state index < -0.39 is 0 Å². The fourth-order valence-corrected chi connectivity index (χ4v) is 6.00. The Morgan fingerprint density at radius 3 is 2.26 bits per heavy atom. The number of nitrogen functional groups attached to an aromatic ring is 1. The zero-order valence-electron chi connectivity index (χ0n) is 13.6. The molecule has 0 heterocycles. The van der Waals surface area contributed by atoms with E-state index >= 15 is 0 Å². The Kier molecular flexibility index (Phi) is 3.29. The van der Waals surface area contributed by atoms with Crippen LogP contribution in [0.15, 0.2) is 12.1 Å². The molecule has 0 amide bonds. The largest absolute Gasteiger partial charge is 0.492 e. The van der Waals surface area contributed by atoms with Crippen LogP contribution in [-0.2, 0) is 5.41 Å². The summed E-state index contributed by atoms with van der Waals surface area (Å²) in [7, 11) is 0. The smallest absolute Gasteiger partial charge is 0.275 e. The molecule has 0 aromatic heterocycles. The zero-order chi connectivity index (χ0) is 16.2. The number of ether oxygens (including phenoxy) is 1. The van der Waals surface area contributed by atoms with Crippen molar-refractivity contribution in [2.75, 3.05) is 12.3 Å². The van der Waals surface area contributed by atoms with E-state index in [4.69, 9.17) is 10.5 Å². The van der Waals surface area contributed by atoms with Gasteiger partial charge in [0.15, 0.2) is 0 Å². The second-order valence-corrected chi connectivity index (χ2v) is 7.76. The van der Waals surface area contributed by atoms with Crippen molar-refractivity contribution >= 4 is 11.4 Å². The van der Waals surface area contributed by atoms with Gasteiger partial charge in [-0.15, -0.1) is 0 Å². The van der Waals surface area contributed by atoms with Gasteiger partial charge in [-0.2, -0.15) is 0 Å². The summed E-state index contributed by atoms with van der Waals surface area (Å²) < 4.78 is 5.63. The average Bonchev–Trinajstić information content (AvgIpc) is 2.47. The van der Waals surface area contributed by atoms with E-state index in [0.29, 0.717) is 18.0 Å². The molecule has 2 N–H and O–H groups in total. The molecule has 0 saturated heterocycles. The Balaban J connectivity index is 1.86. The highest BCUT2D eigenvalue weighted by atomic mass is 16.6. The highest BCUT2D eigenvalue weighted by Gasteiger charge is 2.54. The van der Waals surface area contributed by atoms with Crippen molar-refractivity contribution in [3.63, 3.8) is 0 Å². The Bertz CT molecular complexity index is 621. The van der Waals surface area contributed by atoms with Crippen molar-refractivity contribution in [1.29, 1.82) is 0 Å². The lowest BCUT2D eigenvalue weighted by Gasteiger charge is -2.57. The molecule has 0 aliphatic heterocycles. The maximum atomic E-state index is 11.6. The summed E-state index contributed by atoms with van der Waals surface area (Å²) in [5.41, 5.74) is 7.76. The monoisotopic (exact) mass is 316 g/mol. The summed E-state index contributed by atoms with van der Waals surface area (Å²) in [4.78, 5) is 11.4. The van der Waals surface area contributed by atoms with Crippen molar-refractivity contribution in [3.05, 3.63) is 27.8 Å². The first-order chi connectivity index (χ1) is 11.0. The molecule has 1 aromatic rings. The Morgan fingerprint density at radius 2 is 1.78 bits per heavy atom. The maximum Gasteiger partial charge on any atom is 0.275 e. The lowest BCUT2D eigenvalue weighted by Crippen LogP contribution is -2.49. The molecule has 0 spiro atoms. The Hall–Kier alpha value is -1.78. The van der Waals surface area contributed by atoms with E-state index in [9.17, 15) is 10.1 Å². The van der Waals surface area contributed by atoms with Gasteiger partial charge in [-0.1, -0.05) is 0 Å². The second-order valence-electron chi connectivity index (χ2n) is 7.76. The van der Waals surface area contributed by atoms with Crippen LogP contribution in [0.2, 0.25) is 0 Å². The fourth-order valence-electron chi connectivity index (χ4n) is 6.00. The number of nitrogens with two attached hydrogens (primary N) is 1. The third kappa shape index (κ3) is 2.20. The minimum absolute atomic E-state index is 0.103.